The number of carbonyl (C=O) groups is 1. The Kier molecular flexibility index (Phi) is 2.87. The van der Waals surface area contributed by atoms with E-state index in [1.165, 1.54) is 0 Å². The molecule has 1 saturated heterocycles. The van der Waals surface area contributed by atoms with Crippen molar-refractivity contribution in [3.05, 3.63) is 23.3 Å². The minimum absolute atomic E-state index is 0.156. The second-order valence-electron chi connectivity index (χ2n) is 4.79. The quantitative estimate of drug-likeness (QED) is 0.855. The van der Waals surface area contributed by atoms with Gasteiger partial charge in [0.1, 0.15) is 0 Å². The van der Waals surface area contributed by atoms with Gasteiger partial charge in [0.2, 0.25) is 0 Å². The molecule has 0 radical (unpaired) electrons. The molecule has 1 aliphatic rings. The number of aromatic nitrogens is 2. The van der Waals surface area contributed by atoms with Crippen LogP contribution >= 0.6 is 0 Å². The lowest BCUT2D eigenvalue weighted by Crippen LogP contribution is -2.54. The predicted octanol–water partition coefficient (Wildman–Crippen LogP) is 1.26. The van der Waals surface area contributed by atoms with Crippen LogP contribution < -0.4 is 0 Å². The van der Waals surface area contributed by atoms with Gasteiger partial charge in [-0.05, 0) is 18.9 Å². The van der Waals surface area contributed by atoms with Gasteiger partial charge in [0.15, 0.2) is 11.2 Å². The third-order valence-electron chi connectivity index (χ3n) is 3.00. The summed E-state index contributed by atoms with van der Waals surface area (Å²) in [4.78, 5) is 20.0. The van der Waals surface area contributed by atoms with Gasteiger partial charge in [-0.3, -0.25) is 4.79 Å². The minimum atomic E-state index is -1.05. The van der Waals surface area contributed by atoms with Crippen LogP contribution in [0.3, 0.4) is 0 Å². The Morgan fingerprint density at radius 2 is 2.12 bits per heavy atom. The highest BCUT2D eigenvalue weighted by molar-refractivity contribution is 5.81. The van der Waals surface area contributed by atoms with Gasteiger partial charge < -0.3 is 9.84 Å². The maximum Gasteiger partial charge on any atom is 0.322 e. The van der Waals surface area contributed by atoms with Crippen molar-refractivity contribution in [3.63, 3.8) is 0 Å². The lowest BCUT2D eigenvalue weighted by Gasteiger charge is -2.36. The monoisotopic (exact) mass is 236 g/mol. The molecular weight excluding hydrogens is 220 g/mol. The normalized spacial score (nSPS) is 17.9. The van der Waals surface area contributed by atoms with Crippen molar-refractivity contribution in [3.8, 4) is 0 Å². The Morgan fingerprint density at radius 3 is 2.53 bits per heavy atom. The molecule has 1 aromatic heterocycles. The summed E-state index contributed by atoms with van der Waals surface area (Å²) < 4.78 is 5.03. The highest BCUT2D eigenvalue weighted by Gasteiger charge is 2.50. The lowest BCUT2D eigenvalue weighted by molar-refractivity contribution is -0.164. The average Bonchev–Trinajstić information content (AvgIpc) is 2.13. The van der Waals surface area contributed by atoms with Crippen LogP contribution in [0.4, 0.5) is 0 Å². The van der Waals surface area contributed by atoms with Gasteiger partial charge in [0, 0.05) is 11.4 Å². The predicted molar refractivity (Wildman–Crippen MR) is 61.0 cm³/mol. The van der Waals surface area contributed by atoms with E-state index in [9.17, 15) is 9.90 Å². The molecule has 1 N–H and O–H groups in total. The second-order valence-corrected chi connectivity index (χ2v) is 4.79. The molecule has 2 rings (SSSR count). The molecule has 1 fully saturated rings. The smallest absolute Gasteiger partial charge is 0.322 e. The summed E-state index contributed by atoms with van der Waals surface area (Å²) >= 11 is 0. The van der Waals surface area contributed by atoms with Gasteiger partial charge in [-0.25, -0.2) is 9.97 Å². The van der Waals surface area contributed by atoms with Gasteiger partial charge in [-0.1, -0.05) is 13.8 Å². The third-order valence-corrected chi connectivity index (χ3v) is 3.00. The number of aryl methyl sites for hydroxylation is 1. The Balaban J connectivity index is 2.48. The molecule has 1 aromatic rings. The fraction of sp³-hybridized carbons (Fsp3) is 0.583. The second kappa shape index (κ2) is 4.07. The Bertz CT molecular complexity index is 453. The summed E-state index contributed by atoms with van der Waals surface area (Å²) in [5.41, 5.74) is 0.626. The van der Waals surface area contributed by atoms with Crippen molar-refractivity contribution >= 4 is 5.97 Å². The maximum absolute atomic E-state index is 11.3. The van der Waals surface area contributed by atoms with E-state index in [1.54, 1.807) is 0 Å². The molecule has 0 bridgehead atoms. The largest absolute Gasteiger partial charge is 0.480 e. The summed E-state index contributed by atoms with van der Waals surface area (Å²) in [6, 6.07) is 1.89. The van der Waals surface area contributed by atoms with Crippen LogP contribution in [0.15, 0.2) is 6.07 Å². The first-order chi connectivity index (χ1) is 7.95. The van der Waals surface area contributed by atoms with Crippen molar-refractivity contribution in [1.82, 2.24) is 9.97 Å². The zero-order chi connectivity index (χ0) is 12.6. The van der Waals surface area contributed by atoms with E-state index in [0.717, 1.165) is 11.4 Å². The first kappa shape index (κ1) is 12.0. The molecule has 5 heteroatoms. The zero-order valence-corrected chi connectivity index (χ0v) is 10.2. The van der Waals surface area contributed by atoms with Gasteiger partial charge in [0.25, 0.3) is 0 Å². The molecule has 2 heterocycles. The highest BCUT2D eigenvalue weighted by atomic mass is 16.5. The molecular formula is C12H16N2O3. The van der Waals surface area contributed by atoms with Crippen LogP contribution in [0, 0.1) is 6.92 Å². The number of hydrogen-bond donors (Lipinski definition) is 1. The first-order valence-electron chi connectivity index (χ1n) is 5.63. The Labute approximate surface area is 99.9 Å². The molecule has 17 heavy (non-hydrogen) atoms. The van der Waals surface area contributed by atoms with Gasteiger partial charge in [-0.15, -0.1) is 0 Å². The molecule has 1 aliphatic heterocycles. The average molecular weight is 236 g/mol. The van der Waals surface area contributed by atoms with Crippen LogP contribution in [0.1, 0.15) is 37.0 Å². The number of rotatable bonds is 3. The van der Waals surface area contributed by atoms with E-state index >= 15 is 0 Å². The summed E-state index contributed by atoms with van der Waals surface area (Å²) in [5.74, 6) is -0.286. The fourth-order valence-corrected chi connectivity index (χ4v) is 1.76. The molecule has 92 valence electrons. The molecule has 0 spiro atoms. The third kappa shape index (κ3) is 1.91. The zero-order valence-electron chi connectivity index (χ0n) is 10.2. The number of carboxylic acids is 1. The highest BCUT2D eigenvalue weighted by Crippen LogP contribution is 2.31. The van der Waals surface area contributed by atoms with Crippen LogP contribution in [0.2, 0.25) is 0 Å². The summed E-state index contributed by atoms with van der Waals surface area (Å²) in [6.45, 7) is 6.21. The lowest BCUT2D eigenvalue weighted by atomic mass is 9.84. The summed E-state index contributed by atoms with van der Waals surface area (Å²) in [5, 5.41) is 9.30. The molecule has 0 aromatic carbocycles. The molecule has 0 saturated carbocycles. The van der Waals surface area contributed by atoms with Crippen LogP contribution in [-0.2, 0) is 14.9 Å². The van der Waals surface area contributed by atoms with Crippen molar-refractivity contribution in [1.29, 1.82) is 0 Å². The Hall–Kier alpha value is -1.49. The van der Waals surface area contributed by atoms with Crippen LogP contribution in [0.5, 0.6) is 0 Å². The molecule has 0 aliphatic carbocycles. The number of ether oxygens (including phenoxy) is 1. The summed E-state index contributed by atoms with van der Waals surface area (Å²) in [7, 11) is 0. The van der Waals surface area contributed by atoms with Crippen molar-refractivity contribution in [2.24, 2.45) is 0 Å². The maximum atomic E-state index is 11.3. The van der Waals surface area contributed by atoms with E-state index in [2.05, 4.69) is 9.97 Å². The topological polar surface area (TPSA) is 72.3 Å². The molecule has 0 unspecified atom stereocenters. The molecule has 0 atom stereocenters. The molecule has 0 amide bonds. The van der Waals surface area contributed by atoms with Crippen LogP contribution in [0.25, 0.3) is 0 Å². The van der Waals surface area contributed by atoms with Crippen molar-refractivity contribution < 1.29 is 14.6 Å². The summed E-state index contributed by atoms with van der Waals surface area (Å²) in [6.07, 6.45) is 0. The van der Waals surface area contributed by atoms with Gasteiger partial charge in [0.05, 0.1) is 13.2 Å². The van der Waals surface area contributed by atoms with E-state index < -0.39 is 11.4 Å². The van der Waals surface area contributed by atoms with E-state index in [-0.39, 0.29) is 19.1 Å². The van der Waals surface area contributed by atoms with Gasteiger partial charge in [-0.2, -0.15) is 0 Å². The number of nitrogens with zero attached hydrogens (tertiary/aromatic N) is 2. The SMILES string of the molecule is Cc1cc(C(C)C)nc(C2(C(=O)O)COC2)n1. The van der Waals surface area contributed by atoms with E-state index in [0.29, 0.717) is 5.82 Å². The fourth-order valence-electron chi connectivity index (χ4n) is 1.76. The number of hydrogen-bond acceptors (Lipinski definition) is 4. The van der Waals surface area contributed by atoms with E-state index in [1.807, 2.05) is 26.8 Å². The van der Waals surface area contributed by atoms with Crippen LogP contribution in [-0.4, -0.2) is 34.3 Å². The number of carboxylic acid groups (broad SMARTS) is 1. The first-order valence-corrected chi connectivity index (χ1v) is 5.63. The number of aliphatic carboxylic acids is 1. The van der Waals surface area contributed by atoms with Crippen molar-refractivity contribution in [2.45, 2.75) is 32.1 Å². The van der Waals surface area contributed by atoms with E-state index in [4.69, 9.17) is 4.74 Å². The minimum Gasteiger partial charge on any atom is -0.480 e. The van der Waals surface area contributed by atoms with Crippen molar-refractivity contribution in [2.75, 3.05) is 13.2 Å². The van der Waals surface area contributed by atoms with Gasteiger partial charge >= 0.3 is 5.97 Å². The standard InChI is InChI=1S/C12H16N2O3/c1-7(2)9-4-8(3)13-10(14-9)12(11(15)16)5-17-6-12/h4,7H,5-6H2,1-3H3,(H,15,16). The Morgan fingerprint density at radius 1 is 1.47 bits per heavy atom. The molecule has 5 nitrogen and oxygen atoms in total.